The van der Waals surface area contributed by atoms with Crippen LogP contribution in [0.2, 0.25) is 0 Å². The fourth-order valence-corrected chi connectivity index (χ4v) is 2.85. The molecule has 0 amide bonds. The Kier molecular flexibility index (Phi) is 1.58. The van der Waals surface area contributed by atoms with Crippen molar-refractivity contribution in [1.29, 1.82) is 0 Å². The Morgan fingerprint density at radius 2 is 2.07 bits per heavy atom. The minimum atomic E-state index is 0.0343. The molecule has 1 atom stereocenters. The molecule has 1 saturated carbocycles. The Labute approximate surface area is 84.1 Å². The van der Waals surface area contributed by atoms with Crippen LogP contribution < -0.4 is 0 Å². The van der Waals surface area contributed by atoms with Gasteiger partial charge in [-0.15, -0.1) is 0 Å². The summed E-state index contributed by atoms with van der Waals surface area (Å²) in [6.45, 7) is 0. The number of aldehydes is 1. The molecule has 1 heteroatoms. The maximum atomic E-state index is 11.1. The number of fused-ring (bicyclic) bond motifs is 1. The zero-order valence-corrected chi connectivity index (χ0v) is 8.20. The normalized spacial score (nSPS) is 27.0. The molecule has 0 N–H and O–H groups in total. The van der Waals surface area contributed by atoms with Crippen molar-refractivity contribution in [2.45, 2.75) is 31.6 Å². The van der Waals surface area contributed by atoms with Gasteiger partial charge in [-0.2, -0.15) is 0 Å². The summed E-state index contributed by atoms with van der Waals surface area (Å²) < 4.78 is 0. The van der Waals surface area contributed by atoms with Gasteiger partial charge in [0.05, 0.1) is 0 Å². The predicted octanol–water partition coefficient (Wildman–Crippen LogP) is 2.70. The van der Waals surface area contributed by atoms with Gasteiger partial charge in [-0.25, -0.2) is 0 Å². The molecule has 0 aliphatic heterocycles. The lowest BCUT2D eigenvalue weighted by molar-refractivity contribution is -0.112. The van der Waals surface area contributed by atoms with Crippen LogP contribution in [0.4, 0.5) is 0 Å². The van der Waals surface area contributed by atoms with Crippen LogP contribution in [0.1, 0.15) is 36.3 Å². The molecule has 0 radical (unpaired) electrons. The van der Waals surface area contributed by atoms with Gasteiger partial charge in [0.15, 0.2) is 0 Å². The fourth-order valence-electron chi connectivity index (χ4n) is 2.85. The van der Waals surface area contributed by atoms with Crippen LogP contribution in [0, 0.1) is 5.41 Å². The molecule has 0 aromatic heterocycles. The summed E-state index contributed by atoms with van der Waals surface area (Å²) in [5.41, 5.74) is 2.94. The van der Waals surface area contributed by atoms with E-state index in [1.165, 1.54) is 23.8 Å². The monoisotopic (exact) mass is 186 g/mol. The summed E-state index contributed by atoms with van der Waals surface area (Å²) in [4.78, 5) is 11.1. The average molecular weight is 186 g/mol. The van der Waals surface area contributed by atoms with Crippen molar-refractivity contribution >= 4 is 6.29 Å². The summed E-state index contributed by atoms with van der Waals surface area (Å²) >= 11 is 0. The van der Waals surface area contributed by atoms with Crippen LogP contribution in [0.15, 0.2) is 24.3 Å². The van der Waals surface area contributed by atoms with Crippen LogP contribution in [-0.2, 0) is 11.2 Å². The number of rotatable bonds is 2. The highest BCUT2D eigenvalue weighted by molar-refractivity contribution is 5.67. The van der Waals surface area contributed by atoms with Gasteiger partial charge in [0.1, 0.15) is 6.29 Å². The maximum Gasteiger partial charge on any atom is 0.126 e. The molecule has 1 nitrogen and oxygen atoms in total. The zero-order valence-electron chi connectivity index (χ0n) is 8.20. The van der Waals surface area contributed by atoms with E-state index in [-0.39, 0.29) is 5.41 Å². The molecule has 0 heterocycles. The predicted molar refractivity (Wildman–Crippen MR) is 55.2 cm³/mol. The number of hydrogen-bond donors (Lipinski definition) is 0. The van der Waals surface area contributed by atoms with Crippen molar-refractivity contribution in [2.75, 3.05) is 0 Å². The van der Waals surface area contributed by atoms with E-state index in [1.54, 1.807) is 0 Å². The molecule has 0 bridgehead atoms. The van der Waals surface area contributed by atoms with Gasteiger partial charge in [-0.05, 0) is 42.7 Å². The minimum Gasteiger partial charge on any atom is -0.303 e. The van der Waals surface area contributed by atoms with Gasteiger partial charge in [-0.1, -0.05) is 24.3 Å². The lowest BCUT2D eigenvalue weighted by Gasteiger charge is -2.17. The Hall–Kier alpha value is -1.11. The summed E-state index contributed by atoms with van der Waals surface area (Å²) in [6.07, 6.45) is 5.76. The van der Waals surface area contributed by atoms with Crippen molar-refractivity contribution in [3.8, 4) is 0 Å². The molecule has 0 spiro atoms. The highest BCUT2D eigenvalue weighted by Crippen LogP contribution is 2.58. The van der Waals surface area contributed by atoms with Crippen molar-refractivity contribution in [2.24, 2.45) is 5.41 Å². The molecule has 1 aromatic carbocycles. The van der Waals surface area contributed by atoms with Gasteiger partial charge >= 0.3 is 0 Å². The summed E-state index contributed by atoms with van der Waals surface area (Å²) in [7, 11) is 0. The Morgan fingerprint density at radius 1 is 1.29 bits per heavy atom. The van der Waals surface area contributed by atoms with E-state index < -0.39 is 0 Å². The lowest BCUT2D eigenvalue weighted by atomic mass is 9.85. The summed E-state index contributed by atoms with van der Waals surface area (Å²) in [5, 5.41) is 0. The second-order valence-electron chi connectivity index (χ2n) is 4.64. The molecular formula is C13H14O. The topological polar surface area (TPSA) is 17.1 Å². The van der Waals surface area contributed by atoms with Crippen LogP contribution in [0.5, 0.6) is 0 Å². The fraction of sp³-hybridized carbons (Fsp3) is 0.462. The number of benzene rings is 1. The minimum absolute atomic E-state index is 0.0343. The SMILES string of the molecule is O=CC1(C2CCc3ccccc32)CC1. The molecule has 72 valence electrons. The third-order valence-electron chi connectivity index (χ3n) is 3.89. The van der Waals surface area contributed by atoms with Crippen LogP contribution in [0.25, 0.3) is 0 Å². The van der Waals surface area contributed by atoms with E-state index in [0.717, 1.165) is 19.3 Å². The van der Waals surface area contributed by atoms with Gasteiger partial charge in [0.2, 0.25) is 0 Å². The van der Waals surface area contributed by atoms with E-state index in [1.807, 2.05) is 0 Å². The second-order valence-corrected chi connectivity index (χ2v) is 4.64. The highest BCUT2D eigenvalue weighted by atomic mass is 16.1. The van der Waals surface area contributed by atoms with E-state index in [0.29, 0.717) is 5.92 Å². The molecule has 1 fully saturated rings. The first-order chi connectivity index (χ1) is 6.86. The molecule has 2 aliphatic rings. The second kappa shape index (κ2) is 2.69. The summed E-state index contributed by atoms with van der Waals surface area (Å²) in [6, 6.07) is 8.60. The smallest absolute Gasteiger partial charge is 0.126 e. The number of carbonyl (C=O) groups is 1. The largest absolute Gasteiger partial charge is 0.303 e. The molecule has 3 rings (SSSR count). The first-order valence-corrected chi connectivity index (χ1v) is 5.40. The maximum absolute atomic E-state index is 11.1. The number of hydrogen-bond acceptors (Lipinski definition) is 1. The molecule has 1 unspecified atom stereocenters. The van der Waals surface area contributed by atoms with Crippen LogP contribution >= 0.6 is 0 Å². The van der Waals surface area contributed by atoms with E-state index in [2.05, 4.69) is 24.3 Å². The molecule has 0 saturated heterocycles. The van der Waals surface area contributed by atoms with E-state index >= 15 is 0 Å². The van der Waals surface area contributed by atoms with Crippen molar-refractivity contribution in [1.82, 2.24) is 0 Å². The zero-order chi connectivity index (χ0) is 9.60. The number of carbonyl (C=O) groups excluding carboxylic acids is 1. The van der Waals surface area contributed by atoms with Gasteiger partial charge < -0.3 is 4.79 Å². The molecule has 2 aliphatic carbocycles. The highest BCUT2D eigenvalue weighted by Gasteiger charge is 2.51. The third-order valence-corrected chi connectivity index (χ3v) is 3.89. The van der Waals surface area contributed by atoms with Gasteiger partial charge in [-0.3, -0.25) is 0 Å². The van der Waals surface area contributed by atoms with Crippen molar-refractivity contribution in [3.05, 3.63) is 35.4 Å². The van der Waals surface area contributed by atoms with Crippen LogP contribution in [0.3, 0.4) is 0 Å². The third kappa shape index (κ3) is 0.985. The first kappa shape index (κ1) is 8.22. The number of aryl methyl sites for hydroxylation is 1. The van der Waals surface area contributed by atoms with E-state index in [9.17, 15) is 4.79 Å². The molecule has 1 aromatic rings. The Balaban J connectivity index is 2.02. The quantitative estimate of drug-likeness (QED) is 0.649. The average Bonchev–Trinajstić information content (AvgIpc) is 2.91. The molecule has 14 heavy (non-hydrogen) atoms. The Morgan fingerprint density at radius 3 is 2.79 bits per heavy atom. The Bertz CT molecular complexity index is 377. The first-order valence-electron chi connectivity index (χ1n) is 5.40. The van der Waals surface area contributed by atoms with Gasteiger partial charge in [0.25, 0.3) is 0 Å². The van der Waals surface area contributed by atoms with Crippen molar-refractivity contribution < 1.29 is 4.79 Å². The standard InChI is InChI=1S/C13H14O/c14-9-13(7-8-13)12-6-5-10-3-1-2-4-11(10)12/h1-4,9,12H,5-8H2. The summed E-state index contributed by atoms with van der Waals surface area (Å²) in [5.74, 6) is 0.524. The van der Waals surface area contributed by atoms with E-state index in [4.69, 9.17) is 0 Å². The molecular weight excluding hydrogens is 172 g/mol. The van der Waals surface area contributed by atoms with Gasteiger partial charge in [0, 0.05) is 5.41 Å². The van der Waals surface area contributed by atoms with Crippen LogP contribution in [-0.4, -0.2) is 6.29 Å². The lowest BCUT2D eigenvalue weighted by Crippen LogP contribution is -2.12. The van der Waals surface area contributed by atoms with Crippen molar-refractivity contribution in [3.63, 3.8) is 0 Å².